The van der Waals surface area contributed by atoms with Crippen molar-refractivity contribution in [2.45, 2.75) is 6.92 Å². The molecule has 2 nitrogen and oxygen atoms in total. The summed E-state index contributed by atoms with van der Waals surface area (Å²) in [7, 11) is 0. The van der Waals surface area contributed by atoms with E-state index in [-0.39, 0.29) is 0 Å². The van der Waals surface area contributed by atoms with E-state index >= 15 is 0 Å². The molecule has 1 aromatic carbocycles. The fourth-order valence-electron chi connectivity index (χ4n) is 1.39. The van der Waals surface area contributed by atoms with Crippen molar-refractivity contribution < 1.29 is 0 Å². The van der Waals surface area contributed by atoms with Gasteiger partial charge >= 0.3 is 0 Å². The Bertz CT molecular complexity index is 432. The summed E-state index contributed by atoms with van der Waals surface area (Å²) in [6.45, 7) is 2.04. The van der Waals surface area contributed by atoms with Gasteiger partial charge in [-0.1, -0.05) is 12.1 Å². The van der Waals surface area contributed by atoms with Crippen molar-refractivity contribution in [3.63, 3.8) is 0 Å². The van der Waals surface area contributed by atoms with Crippen molar-refractivity contribution in [1.82, 2.24) is 4.98 Å². The molecule has 0 unspecified atom stereocenters. The van der Waals surface area contributed by atoms with E-state index in [1.54, 1.807) is 0 Å². The Morgan fingerprint density at radius 2 is 1.71 bits per heavy atom. The molecule has 1 aromatic heterocycles. The first-order valence-corrected chi connectivity index (χ1v) is 4.53. The molecule has 0 aliphatic rings. The molecule has 0 radical (unpaired) electrons. The third-order valence-electron chi connectivity index (χ3n) is 2.12. The summed E-state index contributed by atoms with van der Waals surface area (Å²) in [6.07, 6.45) is 3.71. The van der Waals surface area contributed by atoms with Gasteiger partial charge in [0.1, 0.15) is 0 Å². The number of pyridine rings is 1. The zero-order valence-electron chi connectivity index (χ0n) is 8.07. The first-order chi connectivity index (χ1) is 6.75. The van der Waals surface area contributed by atoms with Gasteiger partial charge in [0.15, 0.2) is 0 Å². The molecule has 2 aromatic rings. The molecular weight excluding hydrogens is 172 g/mol. The Morgan fingerprint density at radius 1 is 1.00 bits per heavy atom. The van der Waals surface area contributed by atoms with E-state index in [9.17, 15) is 0 Å². The van der Waals surface area contributed by atoms with Crippen molar-refractivity contribution in [3.05, 3.63) is 48.3 Å². The lowest BCUT2D eigenvalue weighted by atomic mass is 10.1. The van der Waals surface area contributed by atoms with Gasteiger partial charge in [-0.3, -0.25) is 4.98 Å². The quantitative estimate of drug-likeness (QED) is 0.692. The van der Waals surface area contributed by atoms with Crippen molar-refractivity contribution >= 4 is 5.69 Å². The predicted molar refractivity (Wildman–Crippen MR) is 58.8 cm³/mol. The number of hydrogen-bond acceptors (Lipinski definition) is 2. The summed E-state index contributed by atoms with van der Waals surface area (Å²) < 4.78 is 0. The average Bonchev–Trinajstić information content (AvgIpc) is 2.19. The number of anilines is 1. The Balaban J connectivity index is 2.44. The van der Waals surface area contributed by atoms with Crippen LogP contribution in [0.5, 0.6) is 0 Å². The third-order valence-corrected chi connectivity index (χ3v) is 2.12. The predicted octanol–water partition coefficient (Wildman–Crippen LogP) is 2.64. The van der Waals surface area contributed by atoms with Crippen LogP contribution in [0.4, 0.5) is 5.69 Å². The third kappa shape index (κ3) is 1.74. The molecule has 0 amide bonds. The molecule has 0 atom stereocenters. The van der Waals surface area contributed by atoms with Gasteiger partial charge in [0.25, 0.3) is 0 Å². The molecule has 0 bridgehead atoms. The standard InChI is InChI=1S/C12H12N2/c1-9-6-11(8-14-7-9)10-2-4-12(13)5-3-10/h2-8H,13H2,1H3. The fourth-order valence-corrected chi connectivity index (χ4v) is 1.39. The number of nitrogen functional groups attached to an aromatic ring is 1. The van der Waals surface area contributed by atoms with E-state index in [2.05, 4.69) is 11.1 Å². The molecule has 0 saturated heterocycles. The van der Waals surface area contributed by atoms with Crippen LogP contribution in [-0.2, 0) is 0 Å². The summed E-state index contributed by atoms with van der Waals surface area (Å²) in [5.74, 6) is 0. The molecular formula is C12H12N2. The topological polar surface area (TPSA) is 38.9 Å². The zero-order valence-corrected chi connectivity index (χ0v) is 8.07. The highest BCUT2D eigenvalue weighted by Gasteiger charge is 1.97. The molecule has 2 heteroatoms. The number of nitrogens with zero attached hydrogens (tertiary/aromatic N) is 1. The lowest BCUT2D eigenvalue weighted by Crippen LogP contribution is -1.85. The highest BCUT2D eigenvalue weighted by Crippen LogP contribution is 2.20. The van der Waals surface area contributed by atoms with Crippen molar-refractivity contribution in [2.75, 3.05) is 5.73 Å². The van der Waals surface area contributed by atoms with E-state index in [0.29, 0.717) is 0 Å². The minimum absolute atomic E-state index is 0.786. The highest BCUT2D eigenvalue weighted by atomic mass is 14.6. The van der Waals surface area contributed by atoms with Crippen LogP contribution in [0.2, 0.25) is 0 Å². The van der Waals surface area contributed by atoms with Gasteiger partial charge in [0, 0.05) is 23.6 Å². The second-order valence-electron chi connectivity index (χ2n) is 3.37. The second kappa shape index (κ2) is 3.50. The van der Waals surface area contributed by atoms with Gasteiger partial charge in [-0.25, -0.2) is 0 Å². The van der Waals surface area contributed by atoms with E-state index < -0.39 is 0 Å². The Labute approximate surface area is 83.4 Å². The highest BCUT2D eigenvalue weighted by molar-refractivity contribution is 5.65. The van der Waals surface area contributed by atoms with Gasteiger partial charge in [0.05, 0.1) is 0 Å². The molecule has 0 aliphatic heterocycles. The van der Waals surface area contributed by atoms with Crippen LogP contribution in [-0.4, -0.2) is 4.98 Å². The molecule has 0 fully saturated rings. The minimum atomic E-state index is 0.786. The number of benzene rings is 1. The lowest BCUT2D eigenvalue weighted by Gasteiger charge is -2.02. The minimum Gasteiger partial charge on any atom is -0.399 e. The van der Waals surface area contributed by atoms with Crippen molar-refractivity contribution in [3.8, 4) is 11.1 Å². The maximum atomic E-state index is 5.62. The average molecular weight is 184 g/mol. The first kappa shape index (κ1) is 8.75. The molecule has 2 N–H and O–H groups in total. The van der Waals surface area contributed by atoms with Crippen LogP contribution in [0.25, 0.3) is 11.1 Å². The van der Waals surface area contributed by atoms with E-state index in [0.717, 1.165) is 16.8 Å². The van der Waals surface area contributed by atoms with Crippen LogP contribution >= 0.6 is 0 Å². The molecule has 0 saturated carbocycles. The summed E-state index contributed by atoms with van der Waals surface area (Å²) >= 11 is 0. The van der Waals surface area contributed by atoms with Gasteiger partial charge in [-0.05, 0) is 36.2 Å². The van der Waals surface area contributed by atoms with Crippen LogP contribution in [0.3, 0.4) is 0 Å². The smallest absolute Gasteiger partial charge is 0.0346 e. The second-order valence-corrected chi connectivity index (χ2v) is 3.37. The van der Waals surface area contributed by atoms with Crippen molar-refractivity contribution in [2.24, 2.45) is 0 Å². The molecule has 0 spiro atoms. The maximum Gasteiger partial charge on any atom is 0.0346 e. The number of aromatic nitrogens is 1. The largest absolute Gasteiger partial charge is 0.399 e. The van der Waals surface area contributed by atoms with Crippen LogP contribution in [0, 0.1) is 6.92 Å². The van der Waals surface area contributed by atoms with Crippen molar-refractivity contribution in [1.29, 1.82) is 0 Å². The fraction of sp³-hybridized carbons (Fsp3) is 0.0833. The molecule has 2 rings (SSSR count). The van der Waals surface area contributed by atoms with E-state index in [1.165, 1.54) is 5.56 Å². The lowest BCUT2D eigenvalue weighted by molar-refractivity contribution is 1.27. The molecule has 1 heterocycles. The Hall–Kier alpha value is -1.83. The summed E-state index contributed by atoms with van der Waals surface area (Å²) in [6, 6.07) is 9.92. The Morgan fingerprint density at radius 3 is 2.36 bits per heavy atom. The maximum absolute atomic E-state index is 5.62. The normalized spacial score (nSPS) is 10.1. The molecule has 0 aliphatic carbocycles. The number of hydrogen-bond donors (Lipinski definition) is 1. The zero-order chi connectivity index (χ0) is 9.97. The van der Waals surface area contributed by atoms with Crippen LogP contribution in [0.1, 0.15) is 5.56 Å². The monoisotopic (exact) mass is 184 g/mol. The number of nitrogens with two attached hydrogens (primary N) is 1. The summed E-state index contributed by atoms with van der Waals surface area (Å²) in [4.78, 5) is 4.15. The van der Waals surface area contributed by atoms with Gasteiger partial charge in [-0.15, -0.1) is 0 Å². The number of aryl methyl sites for hydroxylation is 1. The SMILES string of the molecule is Cc1cncc(-c2ccc(N)cc2)c1. The first-order valence-electron chi connectivity index (χ1n) is 4.53. The van der Waals surface area contributed by atoms with E-state index in [1.807, 2.05) is 43.6 Å². The molecule has 14 heavy (non-hydrogen) atoms. The number of rotatable bonds is 1. The van der Waals surface area contributed by atoms with Gasteiger partial charge < -0.3 is 5.73 Å². The van der Waals surface area contributed by atoms with Crippen LogP contribution < -0.4 is 5.73 Å². The van der Waals surface area contributed by atoms with Gasteiger partial charge in [0.2, 0.25) is 0 Å². The summed E-state index contributed by atoms with van der Waals surface area (Å²) in [5.41, 5.74) is 9.85. The van der Waals surface area contributed by atoms with E-state index in [4.69, 9.17) is 5.73 Å². The summed E-state index contributed by atoms with van der Waals surface area (Å²) in [5, 5.41) is 0. The molecule has 70 valence electrons. The van der Waals surface area contributed by atoms with Gasteiger partial charge in [-0.2, -0.15) is 0 Å². The Kier molecular flexibility index (Phi) is 2.19. The van der Waals surface area contributed by atoms with Crippen LogP contribution in [0.15, 0.2) is 42.7 Å².